The van der Waals surface area contributed by atoms with E-state index in [0.29, 0.717) is 12.0 Å². The Bertz CT molecular complexity index is 341. The first kappa shape index (κ1) is 15.0. The second kappa shape index (κ2) is 6.79. The quantitative estimate of drug-likeness (QED) is 0.825. The lowest BCUT2D eigenvalue weighted by atomic mass is 10.0. The number of benzene rings is 1. The van der Waals surface area contributed by atoms with Gasteiger partial charge in [0.15, 0.2) is 0 Å². The summed E-state index contributed by atoms with van der Waals surface area (Å²) in [6.45, 7) is 12.2. The molecule has 102 valence electrons. The molecule has 0 saturated carbocycles. The van der Waals surface area contributed by atoms with Crippen molar-refractivity contribution < 1.29 is 0 Å². The van der Waals surface area contributed by atoms with Gasteiger partial charge in [0.2, 0.25) is 0 Å². The maximum atomic E-state index is 6.05. The van der Waals surface area contributed by atoms with Gasteiger partial charge in [-0.1, -0.05) is 32.9 Å². The molecule has 1 aromatic rings. The van der Waals surface area contributed by atoms with Crippen molar-refractivity contribution in [3.05, 3.63) is 29.8 Å². The molecular formula is C16H28N2. The molecule has 0 aromatic heterocycles. The molecule has 0 fully saturated rings. The van der Waals surface area contributed by atoms with E-state index >= 15 is 0 Å². The van der Waals surface area contributed by atoms with Gasteiger partial charge in [0.1, 0.15) is 0 Å². The highest BCUT2D eigenvalue weighted by Gasteiger charge is 2.12. The number of rotatable bonds is 6. The first-order valence-corrected chi connectivity index (χ1v) is 7.07. The second-order valence-corrected chi connectivity index (χ2v) is 5.75. The summed E-state index contributed by atoms with van der Waals surface area (Å²) in [6, 6.07) is 9.42. The number of hydrogen-bond acceptors (Lipinski definition) is 2. The van der Waals surface area contributed by atoms with Gasteiger partial charge in [0, 0.05) is 24.3 Å². The zero-order chi connectivity index (χ0) is 13.7. The van der Waals surface area contributed by atoms with E-state index in [9.17, 15) is 0 Å². The highest BCUT2D eigenvalue weighted by atomic mass is 15.1. The lowest BCUT2D eigenvalue weighted by Crippen LogP contribution is -2.34. The maximum Gasteiger partial charge on any atom is 0.0368 e. The largest absolute Gasteiger partial charge is 0.369 e. The first-order valence-electron chi connectivity index (χ1n) is 7.07. The molecule has 0 aliphatic carbocycles. The Hall–Kier alpha value is -1.02. The van der Waals surface area contributed by atoms with Crippen LogP contribution in [0.25, 0.3) is 0 Å². The van der Waals surface area contributed by atoms with Crippen molar-refractivity contribution in [1.82, 2.24) is 0 Å². The minimum atomic E-state index is 0.164. The number of anilines is 1. The van der Waals surface area contributed by atoms with Gasteiger partial charge in [-0.25, -0.2) is 0 Å². The Morgan fingerprint density at radius 1 is 1.06 bits per heavy atom. The zero-order valence-corrected chi connectivity index (χ0v) is 12.5. The SMILES string of the molecule is CCC(N)c1ccc(N(CC(C)C)C(C)C)cc1. The van der Waals surface area contributed by atoms with Crippen LogP contribution in [0.15, 0.2) is 24.3 Å². The average Bonchev–Trinajstić information content (AvgIpc) is 2.34. The molecular weight excluding hydrogens is 220 g/mol. The number of nitrogens with two attached hydrogens (primary N) is 1. The Morgan fingerprint density at radius 3 is 2.00 bits per heavy atom. The van der Waals surface area contributed by atoms with Gasteiger partial charge in [-0.2, -0.15) is 0 Å². The van der Waals surface area contributed by atoms with Crippen LogP contribution in [0.2, 0.25) is 0 Å². The van der Waals surface area contributed by atoms with E-state index < -0.39 is 0 Å². The fourth-order valence-corrected chi connectivity index (χ4v) is 2.16. The molecule has 1 aromatic carbocycles. The molecule has 1 unspecified atom stereocenters. The Balaban J connectivity index is 2.86. The third-order valence-electron chi connectivity index (χ3n) is 3.28. The van der Waals surface area contributed by atoms with E-state index in [0.717, 1.165) is 13.0 Å². The minimum Gasteiger partial charge on any atom is -0.369 e. The molecule has 0 radical (unpaired) electrons. The van der Waals surface area contributed by atoms with Gasteiger partial charge < -0.3 is 10.6 Å². The normalized spacial score (nSPS) is 13.1. The van der Waals surface area contributed by atoms with Crippen molar-refractivity contribution in [3.8, 4) is 0 Å². The molecule has 0 aliphatic rings. The van der Waals surface area contributed by atoms with Crippen LogP contribution in [0.5, 0.6) is 0 Å². The maximum absolute atomic E-state index is 6.05. The van der Waals surface area contributed by atoms with E-state index in [-0.39, 0.29) is 6.04 Å². The predicted octanol–water partition coefficient (Wildman–Crippen LogP) is 3.97. The standard InChI is InChI=1S/C16H28N2/c1-6-16(17)14-7-9-15(10-8-14)18(13(4)5)11-12(2)3/h7-10,12-13,16H,6,11,17H2,1-5H3. The van der Waals surface area contributed by atoms with Gasteiger partial charge in [-0.05, 0) is 43.9 Å². The second-order valence-electron chi connectivity index (χ2n) is 5.75. The molecule has 0 saturated heterocycles. The Labute approximate surface area is 112 Å². The summed E-state index contributed by atoms with van der Waals surface area (Å²) < 4.78 is 0. The Kier molecular flexibility index (Phi) is 5.67. The zero-order valence-electron chi connectivity index (χ0n) is 12.5. The molecule has 0 spiro atoms. The highest BCUT2D eigenvalue weighted by molar-refractivity contribution is 5.48. The number of nitrogens with zero attached hydrogens (tertiary/aromatic N) is 1. The van der Waals surface area contributed by atoms with Gasteiger partial charge in [-0.3, -0.25) is 0 Å². The predicted molar refractivity (Wildman–Crippen MR) is 81.0 cm³/mol. The van der Waals surface area contributed by atoms with Crippen molar-refractivity contribution in [2.24, 2.45) is 11.7 Å². The van der Waals surface area contributed by atoms with Crippen LogP contribution in [-0.4, -0.2) is 12.6 Å². The third kappa shape index (κ3) is 4.02. The molecule has 0 aliphatic heterocycles. The smallest absolute Gasteiger partial charge is 0.0368 e. The average molecular weight is 248 g/mol. The monoisotopic (exact) mass is 248 g/mol. The molecule has 18 heavy (non-hydrogen) atoms. The van der Waals surface area contributed by atoms with Crippen molar-refractivity contribution in [2.75, 3.05) is 11.4 Å². The highest BCUT2D eigenvalue weighted by Crippen LogP contribution is 2.22. The summed E-state index contributed by atoms with van der Waals surface area (Å²) >= 11 is 0. The lowest BCUT2D eigenvalue weighted by Gasteiger charge is -2.31. The van der Waals surface area contributed by atoms with Gasteiger partial charge in [0.05, 0.1) is 0 Å². The molecule has 2 N–H and O–H groups in total. The summed E-state index contributed by atoms with van der Waals surface area (Å²) in [5, 5.41) is 0. The van der Waals surface area contributed by atoms with Crippen LogP contribution in [0.1, 0.15) is 52.6 Å². The van der Waals surface area contributed by atoms with Crippen LogP contribution < -0.4 is 10.6 Å². The molecule has 0 heterocycles. The van der Waals surface area contributed by atoms with Gasteiger partial charge >= 0.3 is 0 Å². The molecule has 1 atom stereocenters. The molecule has 0 amide bonds. The summed E-state index contributed by atoms with van der Waals surface area (Å²) in [4.78, 5) is 2.45. The van der Waals surface area contributed by atoms with E-state index in [1.54, 1.807) is 0 Å². The minimum absolute atomic E-state index is 0.164. The summed E-state index contributed by atoms with van der Waals surface area (Å²) in [5.74, 6) is 0.671. The van der Waals surface area contributed by atoms with Crippen molar-refractivity contribution in [3.63, 3.8) is 0 Å². The summed E-state index contributed by atoms with van der Waals surface area (Å²) in [5.41, 5.74) is 8.58. The van der Waals surface area contributed by atoms with E-state index in [4.69, 9.17) is 5.73 Å². The van der Waals surface area contributed by atoms with Gasteiger partial charge in [0.25, 0.3) is 0 Å². The van der Waals surface area contributed by atoms with Crippen LogP contribution in [0.4, 0.5) is 5.69 Å². The third-order valence-corrected chi connectivity index (χ3v) is 3.28. The first-order chi connectivity index (χ1) is 8.45. The van der Waals surface area contributed by atoms with Crippen molar-refractivity contribution >= 4 is 5.69 Å². The van der Waals surface area contributed by atoms with Crippen LogP contribution in [-0.2, 0) is 0 Å². The Morgan fingerprint density at radius 2 is 1.61 bits per heavy atom. The fourth-order valence-electron chi connectivity index (χ4n) is 2.16. The van der Waals surface area contributed by atoms with Gasteiger partial charge in [-0.15, -0.1) is 0 Å². The molecule has 2 nitrogen and oxygen atoms in total. The van der Waals surface area contributed by atoms with E-state index in [2.05, 4.69) is 63.8 Å². The van der Waals surface area contributed by atoms with Crippen LogP contribution in [0.3, 0.4) is 0 Å². The molecule has 2 heteroatoms. The van der Waals surface area contributed by atoms with Crippen LogP contribution >= 0.6 is 0 Å². The fraction of sp³-hybridized carbons (Fsp3) is 0.625. The van der Waals surface area contributed by atoms with Crippen molar-refractivity contribution in [1.29, 1.82) is 0 Å². The van der Waals surface area contributed by atoms with Crippen LogP contribution in [0, 0.1) is 5.92 Å². The van der Waals surface area contributed by atoms with E-state index in [1.807, 2.05) is 0 Å². The van der Waals surface area contributed by atoms with E-state index in [1.165, 1.54) is 11.3 Å². The van der Waals surface area contributed by atoms with Crippen molar-refractivity contribution in [2.45, 2.75) is 53.1 Å². The molecule has 1 rings (SSSR count). The lowest BCUT2D eigenvalue weighted by molar-refractivity contribution is 0.571. The molecule has 0 bridgehead atoms. The number of hydrogen-bond donors (Lipinski definition) is 1. The topological polar surface area (TPSA) is 29.3 Å². The summed E-state index contributed by atoms with van der Waals surface area (Å²) in [7, 11) is 0. The summed E-state index contributed by atoms with van der Waals surface area (Å²) in [6.07, 6.45) is 0.985.